The van der Waals surface area contributed by atoms with Crippen molar-refractivity contribution < 1.29 is 0 Å². The lowest BCUT2D eigenvalue weighted by Gasteiger charge is -1.93. The summed E-state index contributed by atoms with van der Waals surface area (Å²) in [5.41, 5.74) is 6.17. The van der Waals surface area contributed by atoms with E-state index in [-0.39, 0.29) is 0 Å². The summed E-state index contributed by atoms with van der Waals surface area (Å²) in [6, 6.07) is 0. The summed E-state index contributed by atoms with van der Waals surface area (Å²) in [6.07, 6.45) is 7.66. The molecule has 1 aromatic rings. The Morgan fingerprint density at radius 1 is 1.29 bits per heavy atom. The Kier molecular flexibility index (Phi) is 4.49. The normalized spacial score (nSPS) is 9.21. The summed E-state index contributed by atoms with van der Waals surface area (Å²) in [4.78, 5) is 7.94. The molecule has 0 atom stereocenters. The third-order valence-electron chi connectivity index (χ3n) is 1.84. The molecule has 0 fully saturated rings. The van der Waals surface area contributed by atoms with Crippen molar-refractivity contribution in [3.8, 4) is 11.8 Å². The smallest absolute Gasteiger partial charge is 0.158 e. The van der Waals surface area contributed by atoms with E-state index in [1.165, 1.54) is 12.8 Å². The minimum atomic E-state index is 0.412. The van der Waals surface area contributed by atoms with E-state index >= 15 is 0 Å². The second-order valence-electron chi connectivity index (χ2n) is 3.05. The number of unbranched alkanes of at least 4 members (excludes halogenated alkanes) is 3. The van der Waals surface area contributed by atoms with Gasteiger partial charge in [0.25, 0.3) is 0 Å². The number of nitrogens with two attached hydrogens (primary N) is 1. The first-order valence-electron chi connectivity index (χ1n) is 4.90. The van der Waals surface area contributed by atoms with Crippen molar-refractivity contribution >= 4 is 5.82 Å². The molecule has 0 saturated heterocycles. The maximum Gasteiger partial charge on any atom is 0.158 e. The van der Waals surface area contributed by atoms with Crippen LogP contribution in [0.15, 0.2) is 12.4 Å². The maximum absolute atomic E-state index is 5.59. The van der Waals surface area contributed by atoms with Gasteiger partial charge in [-0.05, 0) is 12.3 Å². The number of rotatable bonds is 3. The van der Waals surface area contributed by atoms with Gasteiger partial charge in [0, 0.05) is 18.8 Å². The average molecular weight is 189 g/mol. The fourth-order valence-corrected chi connectivity index (χ4v) is 1.05. The molecule has 0 aliphatic carbocycles. The molecule has 1 aromatic heterocycles. The Labute approximate surface area is 84.8 Å². The summed E-state index contributed by atoms with van der Waals surface area (Å²) < 4.78 is 0. The number of hydrogen-bond acceptors (Lipinski definition) is 3. The van der Waals surface area contributed by atoms with E-state index in [0.717, 1.165) is 12.8 Å². The lowest BCUT2D eigenvalue weighted by molar-refractivity contribution is 0.737. The Hall–Kier alpha value is -1.56. The Morgan fingerprint density at radius 3 is 2.79 bits per heavy atom. The van der Waals surface area contributed by atoms with Crippen molar-refractivity contribution in [1.29, 1.82) is 0 Å². The van der Waals surface area contributed by atoms with Gasteiger partial charge in [0.15, 0.2) is 11.5 Å². The Bertz CT molecular complexity index is 336. The van der Waals surface area contributed by atoms with Crippen LogP contribution >= 0.6 is 0 Å². The monoisotopic (exact) mass is 189 g/mol. The van der Waals surface area contributed by atoms with Crippen LogP contribution in [0.2, 0.25) is 0 Å². The highest BCUT2D eigenvalue weighted by Gasteiger charge is 1.93. The summed E-state index contributed by atoms with van der Waals surface area (Å²) in [6.45, 7) is 2.17. The number of nitrogens with zero attached hydrogens (tertiary/aromatic N) is 2. The van der Waals surface area contributed by atoms with Crippen molar-refractivity contribution in [3.05, 3.63) is 18.1 Å². The highest BCUT2D eigenvalue weighted by Crippen LogP contribution is 2.01. The van der Waals surface area contributed by atoms with Crippen LogP contribution in [0.4, 0.5) is 5.82 Å². The van der Waals surface area contributed by atoms with E-state index in [1.54, 1.807) is 12.4 Å². The average Bonchev–Trinajstić information content (AvgIpc) is 2.20. The number of hydrogen-bond donors (Lipinski definition) is 1. The van der Waals surface area contributed by atoms with Gasteiger partial charge < -0.3 is 5.73 Å². The molecular formula is C11H15N3. The van der Waals surface area contributed by atoms with Crippen LogP contribution < -0.4 is 5.73 Å². The fraction of sp³-hybridized carbons (Fsp3) is 0.455. The van der Waals surface area contributed by atoms with E-state index in [2.05, 4.69) is 28.7 Å². The van der Waals surface area contributed by atoms with Gasteiger partial charge in [0.05, 0.1) is 0 Å². The highest BCUT2D eigenvalue weighted by molar-refractivity contribution is 5.44. The molecule has 0 radical (unpaired) electrons. The first kappa shape index (κ1) is 10.5. The third-order valence-corrected chi connectivity index (χ3v) is 1.84. The predicted molar refractivity (Wildman–Crippen MR) is 57.5 cm³/mol. The van der Waals surface area contributed by atoms with Gasteiger partial charge in [-0.1, -0.05) is 25.7 Å². The first-order valence-corrected chi connectivity index (χ1v) is 4.90. The zero-order valence-electron chi connectivity index (χ0n) is 8.45. The molecule has 0 saturated carbocycles. The Morgan fingerprint density at radius 2 is 2.07 bits per heavy atom. The zero-order chi connectivity index (χ0) is 10.2. The number of anilines is 1. The standard InChI is InChI=1S/C11H15N3/c1-2-3-4-5-6-7-10-11(12)14-9-8-13-10/h8-9H,2-5H2,1H3,(H2,12,14). The van der Waals surface area contributed by atoms with Gasteiger partial charge in [0.1, 0.15) is 0 Å². The molecule has 0 aliphatic rings. The SMILES string of the molecule is CCCCCC#Cc1nccnc1N. The quantitative estimate of drug-likeness (QED) is 0.584. The molecule has 3 heteroatoms. The van der Waals surface area contributed by atoms with Crippen molar-refractivity contribution in [2.45, 2.75) is 32.6 Å². The van der Waals surface area contributed by atoms with Gasteiger partial charge in [-0.15, -0.1) is 0 Å². The van der Waals surface area contributed by atoms with Gasteiger partial charge >= 0.3 is 0 Å². The van der Waals surface area contributed by atoms with Gasteiger partial charge in [-0.2, -0.15) is 0 Å². The highest BCUT2D eigenvalue weighted by atomic mass is 14.9. The fourth-order valence-electron chi connectivity index (χ4n) is 1.05. The van der Waals surface area contributed by atoms with E-state index in [0.29, 0.717) is 11.5 Å². The predicted octanol–water partition coefficient (Wildman–Crippen LogP) is 1.99. The molecule has 14 heavy (non-hydrogen) atoms. The van der Waals surface area contributed by atoms with Gasteiger partial charge in [0.2, 0.25) is 0 Å². The van der Waals surface area contributed by atoms with Crippen LogP contribution in [-0.4, -0.2) is 9.97 Å². The van der Waals surface area contributed by atoms with Crippen LogP contribution in [0, 0.1) is 11.8 Å². The molecule has 0 unspecified atom stereocenters. The Balaban J connectivity index is 2.47. The van der Waals surface area contributed by atoms with Crippen LogP contribution in [0.5, 0.6) is 0 Å². The van der Waals surface area contributed by atoms with E-state index in [1.807, 2.05) is 0 Å². The molecule has 74 valence electrons. The molecule has 0 aliphatic heterocycles. The molecule has 0 bridgehead atoms. The van der Waals surface area contributed by atoms with Crippen LogP contribution in [0.3, 0.4) is 0 Å². The van der Waals surface area contributed by atoms with Crippen LogP contribution in [-0.2, 0) is 0 Å². The molecule has 0 amide bonds. The summed E-state index contributed by atoms with van der Waals surface area (Å²) in [5.74, 6) is 6.38. The largest absolute Gasteiger partial charge is 0.381 e. The minimum Gasteiger partial charge on any atom is -0.381 e. The molecule has 1 heterocycles. The number of aromatic nitrogens is 2. The summed E-state index contributed by atoms with van der Waals surface area (Å²) in [5, 5.41) is 0. The van der Waals surface area contributed by atoms with Gasteiger partial charge in [-0.25, -0.2) is 9.97 Å². The van der Waals surface area contributed by atoms with Crippen molar-refractivity contribution in [2.75, 3.05) is 5.73 Å². The molecule has 1 rings (SSSR count). The van der Waals surface area contributed by atoms with E-state index in [9.17, 15) is 0 Å². The van der Waals surface area contributed by atoms with Crippen molar-refractivity contribution in [3.63, 3.8) is 0 Å². The molecule has 0 spiro atoms. The lowest BCUT2D eigenvalue weighted by atomic mass is 10.2. The third kappa shape index (κ3) is 3.44. The molecule has 0 aromatic carbocycles. The molecule has 3 nitrogen and oxygen atoms in total. The van der Waals surface area contributed by atoms with Crippen LogP contribution in [0.25, 0.3) is 0 Å². The minimum absolute atomic E-state index is 0.412. The molecular weight excluding hydrogens is 174 g/mol. The molecule has 2 N–H and O–H groups in total. The summed E-state index contributed by atoms with van der Waals surface area (Å²) >= 11 is 0. The lowest BCUT2D eigenvalue weighted by Crippen LogP contribution is -1.95. The number of nitrogen functional groups attached to an aromatic ring is 1. The second kappa shape index (κ2) is 5.98. The topological polar surface area (TPSA) is 51.8 Å². The van der Waals surface area contributed by atoms with E-state index < -0.39 is 0 Å². The van der Waals surface area contributed by atoms with Gasteiger partial charge in [-0.3, -0.25) is 0 Å². The first-order chi connectivity index (χ1) is 6.84. The summed E-state index contributed by atoms with van der Waals surface area (Å²) in [7, 11) is 0. The second-order valence-corrected chi connectivity index (χ2v) is 3.05. The van der Waals surface area contributed by atoms with Crippen molar-refractivity contribution in [2.24, 2.45) is 0 Å². The maximum atomic E-state index is 5.59. The van der Waals surface area contributed by atoms with Crippen LogP contribution in [0.1, 0.15) is 38.3 Å². The zero-order valence-corrected chi connectivity index (χ0v) is 8.45. The van der Waals surface area contributed by atoms with Crippen molar-refractivity contribution in [1.82, 2.24) is 9.97 Å². The van der Waals surface area contributed by atoms with E-state index in [4.69, 9.17) is 5.73 Å².